The number of benzene rings is 1. The van der Waals surface area contributed by atoms with Crippen LogP contribution in [0.25, 0.3) is 10.9 Å². The monoisotopic (exact) mass is 323 g/mol. The zero-order valence-electron chi connectivity index (χ0n) is 15.3. The van der Waals surface area contributed by atoms with E-state index in [9.17, 15) is 0 Å². The summed E-state index contributed by atoms with van der Waals surface area (Å²) in [6.07, 6.45) is 3.74. The van der Waals surface area contributed by atoms with Gasteiger partial charge in [-0.1, -0.05) is 12.1 Å². The van der Waals surface area contributed by atoms with E-state index in [0.717, 1.165) is 22.4 Å². The van der Waals surface area contributed by atoms with Crippen LogP contribution in [0.5, 0.6) is 0 Å². The van der Waals surface area contributed by atoms with Crippen LogP contribution in [-0.4, -0.2) is 19.7 Å². The highest BCUT2D eigenvalue weighted by Gasteiger charge is 2.20. The van der Waals surface area contributed by atoms with E-state index in [1.54, 1.807) is 6.33 Å². The van der Waals surface area contributed by atoms with E-state index in [1.165, 1.54) is 11.1 Å². The molecule has 0 radical (unpaired) electrons. The Morgan fingerprint density at radius 1 is 1.12 bits per heavy atom. The average molecular weight is 323 g/mol. The first-order valence-corrected chi connectivity index (χ1v) is 8.31. The van der Waals surface area contributed by atoms with E-state index in [-0.39, 0.29) is 11.6 Å². The molecular formula is C19H25N5. The summed E-state index contributed by atoms with van der Waals surface area (Å²) in [7, 11) is 0. The highest BCUT2D eigenvalue weighted by molar-refractivity contribution is 5.91. The van der Waals surface area contributed by atoms with Gasteiger partial charge in [0.1, 0.15) is 12.1 Å². The summed E-state index contributed by atoms with van der Waals surface area (Å²) < 4.78 is 2.03. The molecule has 5 nitrogen and oxygen atoms in total. The number of rotatable bonds is 3. The van der Waals surface area contributed by atoms with Crippen LogP contribution in [0, 0.1) is 13.8 Å². The van der Waals surface area contributed by atoms with E-state index in [2.05, 4.69) is 74.2 Å². The molecule has 2 aromatic heterocycles. The van der Waals surface area contributed by atoms with Crippen molar-refractivity contribution in [1.29, 1.82) is 0 Å². The van der Waals surface area contributed by atoms with Gasteiger partial charge >= 0.3 is 0 Å². The molecule has 5 heteroatoms. The van der Waals surface area contributed by atoms with Gasteiger partial charge in [0, 0.05) is 17.1 Å². The van der Waals surface area contributed by atoms with E-state index in [1.807, 2.05) is 16.8 Å². The fourth-order valence-electron chi connectivity index (χ4n) is 2.92. The number of nitrogens with zero attached hydrogens (tertiary/aromatic N) is 4. The zero-order valence-corrected chi connectivity index (χ0v) is 15.3. The largest absolute Gasteiger partial charge is 0.363 e. The van der Waals surface area contributed by atoms with Crippen LogP contribution in [0.2, 0.25) is 0 Å². The highest BCUT2D eigenvalue weighted by Crippen LogP contribution is 2.28. The maximum Gasteiger partial charge on any atom is 0.138 e. The van der Waals surface area contributed by atoms with Gasteiger partial charge in [-0.05, 0) is 53.2 Å². The molecule has 0 amide bonds. The van der Waals surface area contributed by atoms with Gasteiger partial charge in [-0.3, -0.25) is 4.68 Å². The number of aryl methyl sites for hydroxylation is 2. The fraction of sp³-hybridized carbons (Fsp3) is 0.421. The maximum absolute atomic E-state index is 4.67. The maximum atomic E-state index is 4.67. The van der Waals surface area contributed by atoms with Crippen molar-refractivity contribution in [1.82, 2.24) is 19.7 Å². The lowest BCUT2D eigenvalue weighted by atomic mass is 10.1. The van der Waals surface area contributed by atoms with Crippen molar-refractivity contribution in [3.05, 3.63) is 47.5 Å². The molecule has 0 aliphatic rings. The molecular weight excluding hydrogens is 298 g/mol. The minimum atomic E-state index is -0.0269. The lowest BCUT2D eigenvalue weighted by molar-refractivity contribution is 0.354. The van der Waals surface area contributed by atoms with Gasteiger partial charge in [0.25, 0.3) is 0 Å². The second-order valence-corrected chi connectivity index (χ2v) is 7.34. The lowest BCUT2D eigenvalue weighted by Gasteiger charge is -2.19. The minimum Gasteiger partial charge on any atom is -0.363 e. The summed E-state index contributed by atoms with van der Waals surface area (Å²) >= 11 is 0. The van der Waals surface area contributed by atoms with Crippen molar-refractivity contribution < 1.29 is 0 Å². The molecule has 24 heavy (non-hydrogen) atoms. The van der Waals surface area contributed by atoms with Crippen molar-refractivity contribution in [2.75, 3.05) is 5.32 Å². The Labute approximate surface area is 143 Å². The predicted molar refractivity (Wildman–Crippen MR) is 98.3 cm³/mol. The molecule has 1 aromatic carbocycles. The minimum absolute atomic E-state index is 0.0269. The normalized spacial score (nSPS) is 13.2. The van der Waals surface area contributed by atoms with E-state index in [0.29, 0.717) is 0 Å². The molecule has 1 N–H and O–H groups in total. The van der Waals surface area contributed by atoms with Crippen molar-refractivity contribution in [3.8, 4) is 0 Å². The molecule has 1 atom stereocenters. The van der Waals surface area contributed by atoms with E-state index >= 15 is 0 Å². The van der Waals surface area contributed by atoms with Gasteiger partial charge in [-0.2, -0.15) is 5.10 Å². The molecule has 126 valence electrons. The number of aromatic nitrogens is 4. The molecule has 3 rings (SSSR count). The quantitative estimate of drug-likeness (QED) is 0.777. The van der Waals surface area contributed by atoms with Gasteiger partial charge in [-0.25, -0.2) is 9.97 Å². The van der Waals surface area contributed by atoms with Crippen LogP contribution in [0.15, 0.2) is 30.7 Å². The first-order valence-electron chi connectivity index (χ1n) is 8.31. The number of nitrogens with one attached hydrogen (secondary N) is 1. The molecule has 0 saturated heterocycles. The second kappa shape index (κ2) is 5.89. The Hall–Kier alpha value is -2.43. The molecule has 0 aliphatic heterocycles. The summed E-state index contributed by atoms with van der Waals surface area (Å²) in [5.41, 5.74) is 4.33. The number of hydrogen-bond acceptors (Lipinski definition) is 4. The Bertz CT molecular complexity index is 868. The Morgan fingerprint density at radius 2 is 1.88 bits per heavy atom. The molecule has 1 unspecified atom stereocenters. The Kier molecular flexibility index (Phi) is 4.03. The third-order valence-corrected chi connectivity index (χ3v) is 4.32. The van der Waals surface area contributed by atoms with E-state index < -0.39 is 0 Å². The first-order chi connectivity index (χ1) is 11.3. The third-order valence-electron chi connectivity index (χ3n) is 4.32. The number of hydrogen-bond donors (Lipinski definition) is 1. The second-order valence-electron chi connectivity index (χ2n) is 7.34. The molecule has 0 aliphatic carbocycles. The average Bonchev–Trinajstić information content (AvgIpc) is 2.90. The number of anilines is 1. The standard InChI is InChI=1S/C19H25N5/c1-12-8-7-9-16-17(12)18(21-11-20-16)22-13(2)15-10-24(19(4,5)6)23-14(15)3/h7-11,13H,1-6H3,(H,20,21,22). The van der Waals surface area contributed by atoms with Gasteiger partial charge < -0.3 is 5.32 Å². The van der Waals surface area contributed by atoms with Crippen LogP contribution in [0.4, 0.5) is 5.82 Å². The number of fused-ring (bicyclic) bond motifs is 1. The van der Waals surface area contributed by atoms with Crippen LogP contribution < -0.4 is 5.32 Å². The van der Waals surface area contributed by atoms with Gasteiger partial charge in [0.15, 0.2) is 0 Å². The topological polar surface area (TPSA) is 55.6 Å². The van der Waals surface area contributed by atoms with Crippen LogP contribution >= 0.6 is 0 Å². The first kappa shape index (κ1) is 16.4. The molecule has 0 bridgehead atoms. The lowest BCUT2D eigenvalue weighted by Crippen LogP contribution is -2.22. The van der Waals surface area contributed by atoms with Crippen LogP contribution in [0.1, 0.15) is 50.6 Å². The summed E-state index contributed by atoms with van der Waals surface area (Å²) in [6.45, 7) is 12.8. The van der Waals surface area contributed by atoms with Crippen LogP contribution in [-0.2, 0) is 5.54 Å². The molecule has 0 fully saturated rings. The van der Waals surface area contributed by atoms with Crippen LogP contribution in [0.3, 0.4) is 0 Å². The fourth-order valence-corrected chi connectivity index (χ4v) is 2.92. The zero-order chi connectivity index (χ0) is 17.5. The van der Waals surface area contributed by atoms with Gasteiger partial charge in [-0.15, -0.1) is 0 Å². The summed E-state index contributed by atoms with van der Waals surface area (Å²) in [5, 5.41) is 9.29. The summed E-state index contributed by atoms with van der Waals surface area (Å²) in [4.78, 5) is 8.84. The molecule has 0 saturated carbocycles. The smallest absolute Gasteiger partial charge is 0.138 e. The summed E-state index contributed by atoms with van der Waals surface area (Å²) in [5.74, 6) is 0.869. The van der Waals surface area contributed by atoms with Crippen molar-refractivity contribution in [2.45, 2.75) is 53.1 Å². The van der Waals surface area contributed by atoms with Crippen molar-refractivity contribution >= 4 is 16.7 Å². The Morgan fingerprint density at radius 3 is 2.54 bits per heavy atom. The molecule has 3 aromatic rings. The van der Waals surface area contributed by atoms with Crippen molar-refractivity contribution in [3.63, 3.8) is 0 Å². The SMILES string of the molecule is Cc1nn(C(C)(C)C)cc1C(C)Nc1ncnc2cccc(C)c12. The van der Waals surface area contributed by atoms with Crippen molar-refractivity contribution in [2.24, 2.45) is 0 Å². The highest BCUT2D eigenvalue weighted by atomic mass is 15.3. The molecule has 2 heterocycles. The Balaban J connectivity index is 1.96. The summed E-state index contributed by atoms with van der Waals surface area (Å²) in [6, 6.07) is 6.24. The molecule has 0 spiro atoms. The van der Waals surface area contributed by atoms with E-state index in [4.69, 9.17) is 0 Å². The third kappa shape index (κ3) is 2.98. The van der Waals surface area contributed by atoms with Gasteiger partial charge in [0.2, 0.25) is 0 Å². The predicted octanol–water partition coefficient (Wildman–Crippen LogP) is 4.37. The van der Waals surface area contributed by atoms with Gasteiger partial charge in [0.05, 0.1) is 22.8 Å².